The van der Waals surface area contributed by atoms with Crippen molar-refractivity contribution in [3.63, 3.8) is 0 Å². The number of aromatic carboxylic acids is 1. The molecular formula is C20H24N2O6. The van der Waals surface area contributed by atoms with E-state index in [0.29, 0.717) is 23.7 Å². The molecule has 0 saturated carbocycles. The number of ether oxygens (including phenoxy) is 1. The minimum absolute atomic E-state index is 0.0221. The van der Waals surface area contributed by atoms with Gasteiger partial charge in [-0.25, -0.2) is 4.79 Å². The van der Waals surface area contributed by atoms with Gasteiger partial charge in [0.25, 0.3) is 5.91 Å². The zero-order valence-corrected chi connectivity index (χ0v) is 16.0. The average Bonchev–Trinajstić information content (AvgIpc) is 3.14. The molecule has 1 unspecified atom stereocenters. The molecule has 0 aliphatic heterocycles. The highest BCUT2D eigenvalue weighted by Gasteiger charge is 2.25. The first-order valence-electron chi connectivity index (χ1n) is 8.95. The summed E-state index contributed by atoms with van der Waals surface area (Å²) >= 11 is 0. The molecule has 8 nitrogen and oxygen atoms in total. The SMILES string of the molecule is CCOc1ccc(C(=O)NC(C(=O)NCc2ccc(C(=O)O)o2)C(C)C)cc1. The van der Waals surface area contributed by atoms with E-state index in [0.717, 1.165) is 0 Å². The van der Waals surface area contributed by atoms with E-state index in [9.17, 15) is 14.4 Å². The number of hydrogen-bond acceptors (Lipinski definition) is 5. The normalized spacial score (nSPS) is 11.7. The number of nitrogens with one attached hydrogen (secondary N) is 2. The molecule has 0 bridgehead atoms. The maximum absolute atomic E-state index is 12.5. The van der Waals surface area contributed by atoms with Gasteiger partial charge in [-0.1, -0.05) is 13.8 Å². The Bertz CT molecular complexity index is 825. The van der Waals surface area contributed by atoms with Crippen molar-refractivity contribution in [1.82, 2.24) is 10.6 Å². The molecule has 0 aliphatic rings. The van der Waals surface area contributed by atoms with Crippen molar-refractivity contribution in [2.24, 2.45) is 5.92 Å². The van der Waals surface area contributed by atoms with Crippen LogP contribution in [0.4, 0.5) is 0 Å². The van der Waals surface area contributed by atoms with Gasteiger partial charge >= 0.3 is 5.97 Å². The predicted octanol–water partition coefficient (Wildman–Crippen LogP) is 2.45. The Morgan fingerprint density at radius 3 is 2.32 bits per heavy atom. The average molecular weight is 388 g/mol. The lowest BCUT2D eigenvalue weighted by molar-refractivity contribution is -0.124. The lowest BCUT2D eigenvalue weighted by Gasteiger charge is -2.21. The van der Waals surface area contributed by atoms with E-state index >= 15 is 0 Å². The maximum Gasteiger partial charge on any atom is 0.371 e. The van der Waals surface area contributed by atoms with E-state index in [1.165, 1.54) is 12.1 Å². The van der Waals surface area contributed by atoms with Crippen LogP contribution in [0.5, 0.6) is 5.75 Å². The molecule has 1 heterocycles. The predicted molar refractivity (Wildman–Crippen MR) is 101 cm³/mol. The maximum atomic E-state index is 12.5. The first-order valence-corrected chi connectivity index (χ1v) is 8.95. The smallest absolute Gasteiger partial charge is 0.371 e. The molecule has 0 fully saturated rings. The lowest BCUT2D eigenvalue weighted by atomic mass is 10.0. The highest BCUT2D eigenvalue weighted by molar-refractivity contribution is 5.97. The quantitative estimate of drug-likeness (QED) is 0.607. The molecule has 28 heavy (non-hydrogen) atoms. The minimum Gasteiger partial charge on any atom is -0.494 e. The van der Waals surface area contributed by atoms with Crippen molar-refractivity contribution in [2.45, 2.75) is 33.4 Å². The highest BCUT2D eigenvalue weighted by Crippen LogP contribution is 2.13. The molecule has 1 atom stereocenters. The van der Waals surface area contributed by atoms with Crippen LogP contribution < -0.4 is 15.4 Å². The van der Waals surface area contributed by atoms with Crippen LogP contribution in [-0.4, -0.2) is 35.5 Å². The summed E-state index contributed by atoms with van der Waals surface area (Å²) in [5, 5.41) is 14.2. The number of carbonyl (C=O) groups is 3. The van der Waals surface area contributed by atoms with E-state index in [2.05, 4.69) is 10.6 Å². The Balaban J connectivity index is 1.97. The van der Waals surface area contributed by atoms with Gasteiger partial charge in [-0.2, -0.15) is 0 Å². The fourth-order valence-electron chi connectivity index (χ4n) is 2.50. The van der Waals surface area contributed by atoms with E-state index in [-0.39, 0.29) is 30.0 Å². The van der Waals surface area contributed by atoms with E-state index in [4.69, 9.17) is 14.3 Å². The van der Waals surface area contributed by atoms with Gasteiger partial charge in [0.05, 0.1) is 13.2 Å². The summed E-state index contributed by atoms with van der Waals surface area (Å²) < 4.78 is 10.5. The van der Waals surface area contributed by atoms with E-state index < -0.39 is 12.0 Å². The molecule has 1 aromatic heterocycles. The van der Waals surface area contributed by atoms with Crippen molar-refractivity contribution in [1.29, 1.82) is 0 Å². The Labute approximate surface area is 162 Å². The summed E-state index contributed by atoms with van der Waals surface area (Å²) in [6, 6.07) is 8.69. The van der Waals surface area contributed by atoms with Gasteiger partial charge in [0.15, 0.2) is 0 Å². The molecular weight excluding hydrogens is 364 g/mol. The molecule has 0 radical (unpaired) electrons. The topological polar surface area (TPSA) is 118 Å². The number of carboxylic acid groups (broad SMARTS) is 1. The number of rotatable bonds is 9. The summed E-state index contributed by atoms with van der Waals surface area (Å²) in [4.78, 5) is 35.8. The van der Waals surface area contributed by atoms with Crippen LogP contribution in [0.1, 0.15) is 47.4 Å². The van der Waals surface area contributed by atoms with Crippen molar-refractivity contribution in [2.75, 3.05) is 6.61 Å². The van der Waals surface area contributed by atoms with E-state index in [1.54, 1.807) is 24.3 Å². The Kier molecular flexibility index (Phi) is 7.20. The van der Waals surface area contributed by atoms with Crippen LogP contribution in [0.3, 0.4) is 0 Å². The van der Waals surface area contributed by atoms with Crippen LogP contribution in [0, 0.1) is 5.92 Å². The van der Waals surface area contributed by atoms with Crippen molar-refractivity contribution in [3.8, 4) is 5.75 Å². The third-order valence-electron chi connectivity index (χ3n) is 3.97. The minimum atomic E-state index is -1.18. The number of benzene rings is 1. The molecule has 2 aromatic rings. The number of hydrogen-bond donors (Lipinski definition) is 3. The number of amides is 2. The van der Waals surface area contributed by atoms with Gasteiger partial charge in [0, 0.05) is 5.56 Å². The first-order chi connectivity index (χ1) is 13.3. The summed E-state index contributed by atoms with van der Waals surface area (Å²) in [6.07, 6.45) is 0. The molecule has 2 amide bonds. The third-order valence-corrected chi connectivity index (χ3v) is 3.97. The standard InChI is InChI=1S/C20H24N2O6/c1-4-27-14-7-5-13(6-8-14)18(23)22-17(12(2)3)19(24)21-11-15-9-10-16(28-15)20(25)26/h5-10,12,17H,4,11H2,1-3H3,(H,21,24)(H,22,23)(H,25,26). The van der Waals surface area contributed by atoms with Gasteiger partial charge in [0.2, 0.25) is 11.7 Å². The second-order valence-corrected chi connectivity index (χ2v) is 6.44. The summed E-state index contributed by atoms with van der Waals surface area (Å²) in [7, 11) is 0. The van der Waals surface area contributed by atoms with Crippen LogP contribution >= 0.6 is 0 Å². The van der Waals surface area contributed by atoms with Gasteiger partial charge in [0.1, 0.15) is 17.6 Å². The van der Waals surface area contributed by atoms with Crippen LogP contribution in [-0.2, 0) is 11.3 Å². The first kappa shape index (κ1) is 21.0. The molecule has 150 valence electrons. The summed E-state index contributed by atoms with van der Waals surface area (Å²) in [5.41, 5.74) is 0.416. The van der Waals surface area contributed by atoms with E-state index in [1.807, 2.05) is 20.8 Å². The lowest BCUT2D eigenvalue weighted by Crippen LogP contribution is -2.49. The fraction of sp³-hybridized carbons (Fsp3) is 0.350. The van der Waals surface area contributed by atoms with Crippen LogP contribution in [0.25, 0.3) is 0 Å². The molecule has 0 spiro atoms. The molecule has 3 N–H and O–H groups in total. The largest absolute Gasteiger partial charge is 0.494 e. The molecule has 2 rings (SSSR count). The second-order valence-electron chi connectivity index (χ2n) is 6.44. The second kappa shape index (κ2) is 9.59. The Hall–Kier alpha value is -3.29. The zero-order valence-electron chi connectivity index (χ0n) is 16.0. The molecule has 8 heteroatoms. The van der Waals surface area contributed by atoms with Gasteiger partial charge in [-0.3, -0.25) is 9.59 Å². The monoisotopic (exact) mass is 388 g/mol. The van der Waals surface area contributed by atoms with Gasteiger partial charge < -0.3 is 24.9 Å². The molecule has 1 aromatic carbocycles. The van der Waals surface area contributed by atoms with Crippen molar-refractivity contribution >= 4 is 17.8 Å². The number of furan rings is 1. The van der Waals surface area contributed by atoms with Gasteiger partial charge in [-0.05, 0) is 49.2 Å². The molecule has 0 aliphatic carbocycles. The number of carbonyl (C=O) groups excluding carboxylic acids is 2. The Morgan fingerprint density at radius 2 is 1.79 bits per heavy atom. The fourth-order valence-corrected chi connectivity index (χ4v) is 2.50. The van der Waals surface area contributed by atoms with Crippen LogP contribution in [0.2, 0.25) is 0 Å². The summed E-state index contributed by atoms with van der Waals surface area (Å²) in [5.74, 6) is -1.32. The highest BCUT2D eigenvalue weighted by atomic mass is 16.5. The summed E-state index contributed by atoms with van der Waals surface area (Å²) in [6.45, 7) is 6.06. The zero-order chi connectivity index (χ0) is 20.7. The van der Waals surface area contributed by atoms with Crippen molar-refractivity contribution in [3.05, 3.63) is 53.5 Å². The number of carboxylic acids is 1. The van der Waals surface area contributed by atoms with Crippen molar-refractivity contribution < 1.29 is 28.6 Å². The Morgan fingerprint density at radius 1 is 1.11 bits per heavy atom. The third kappa shape index (κ3) is 5.60. The molecule has 0 saturated heterocycles. The van der Waals surface area contributed by atoms with Gasteiger partial charge in [-0.15, -0.1) is 0 Å². The van der Waals surface area contributed by atoms with Crippen LogP contribution in [0.15, 0.2) is 40.8 Å².